The van der Waals surface area contributed by atoms with E-state index in [0.29, 0.717) is 0 Å². The Bertz CT molecular complexity index is 758. The maximum Gasteiger partial charge on any atom is 0.326 e. The van der Waals surface area contributed by atoms with Gasteiger partial charge in [-0.05, 0) is 6.42 Å². The van der Waals surface area contributed by atoms with Gasteiger partial charge in [-0.1, -0.05) is 0 Å². The first-order valence-electron chi connectivity index (χ1n) is 9.07. The molecule has 0 aliphatic carbocycles. The molecule has 0 saturated heterocycles. The molecule has 4 unspecified atom stereocenters. The van der Waals surface area contributed by atoms with E-state index in [2.05, 4.69) is 10.6 Å². The third-order valence-corrected chi connectivity index (χ3v) is 3.88. The number of aliphatic carboxylic acids is 2. The number of carboxylic acids is 2. The van der Waals surface area contributed by atoms with Crippen molar-refractivity contribution in [1.82, 2.24) is 16.0 Å². The van der Waals surface area contributed by atoms with E-state index in [4.69, 9.17) is 32.5 Å². The lowest BCUT2D eigenvalue weighted by molar-refractivity contribution is -0.147. The maximum absolute atomic E-state index is 12.5. The zero-order valence-corrected chi connectivity index (χ0v) is 16.8. The average molecular weight is 462 g/mol. The summed E-state index contributed by atoms with van der Waals surface area (Å²) >= 11 is 0. The number of nitrogens with two attached hydrogens (primary N) is 3. The van der Waals surface area contributed by atoms with Crippen LogP contribution >= 0.6 is 0 Å². The van der Waals surface area contributed by atoms with E-state index in [9.17, 15) is 33.6 Å². The number of carbonyl (C=O) groups excluding carboxylic acids is 5. The highest BCUT2D eigenvalue weighted by Crippen LogP contribution is 2.03. The fourth-order valence-electron chi connectivity index (χ4n) is 2.25. The smallest absolute Gasteiger partial charge is 0.326 e. The van der Waals surface area contributed by atoms with Gasteiger partial charge >= 0.3 is 11.9 Å². The Labute approximate surface area is 180 Å². The molecule has 0 aliphatic heterocycles. The van der Waals surface area contributed by atoms with Crippen molar-refractivity contribution in [2.75, 3.05) is 6.61 Å². The molecule has 0 fully saturated rings. The van der Waals surface area contributed by atoms with E-state index >= 15 is 0 Å². The van der Waals surface area contributed by atoms with Gasteiger partial charge in [0.2, 0.25) is 29.5 Å². The second-order valence-electron chi connectivity index (χ2n) is 6.58. The molecule has 0 spiro atoms. The van der Waals surface area contributed by atoms with Crippen molar-refractivity contribution >= 4 is 41.5 Å². The zero-order chi connectivity index (χ0) is 25.0. The van der Waals surface area contributed by atoms with Crippen LogP contribution in [0.1, 0.15) is 25.7 Å². The number of aliphatic hydroxyl groups excluding tert-OH is 1. The van der Waals surface area contributed by atoms with Crippen molar-refractivity contribution in [3.8, 4) is 0 Å². The van der Waals surface area contributed by atoms with Gasteiger partial charge in [0.15, 0.2) is 0 Å². The number of hydrogen-bond donors (Lipinski definition) is 9. The number of aliphatic hydroxyl groups is 1. The Morgan fingerprint density at radius 2 is 1.22 bits per heavy atom. The minimum Gasteiger partial charge on any atom is -0.481 e. The van der Waals surface area contributed by atoms with Crippen molar-refractivity contribution in [3.05, 3.63) is 0 Å². The molecule has 5 amide bonds. The summed E-state index contributed by atoms with van der Waals surface area (Å²) in [7, 11) is 0. The molecule has 0 rings (SSSR count). The Kier molecular flexibility index (Phi) is 11.9. The number of nitrogens with one attached hydrogen (secondary N) is 3. The van der Waals surface area contributed by atoms with Gasteiger partial charge in [-0.25, -0.2) is 4.79 Å². The van der Waals surface area contributed by atoms with Gasteiger partial charge in [0, 0.05) is 6.42 Å². The molecule has 4 atom stereocenters. The minimum absolute atomic E-state index is 0.417. The molecule has 0 aromatic heterocycles. The molecule has 16 nitrogen and oxygen atoms in total. The van der Waals surface area contributed by atoms with Gasteiger partial charge in [0.25, 0.3) is 0 Å². The third-order valence-electron chi connectivity index (χ3n) is 3.88. The largest absolute Gasteiger partial charge is 0.481 e. The summed E-state index contributed by atoms with van der Waals surface area (Å²) in [4.78, 5) is 81.1. The lowest BCUT2D eigenvalue weighted by atomic mass is 10.1. The maximum atomic E-state index is 12.5. The number of primary amides is 2. The van der Waals surface area contributed by atoms with Crippen LogP contribution in [0.3, 0.4) is 0 Å². The Morgan fingerprint density at radius 3 is 1.66 bits per heavy atom. The number of hydrogen-bond acceptors (Lipinski definition) is 9. The molecule has 0 saturated carbocycles. The number of rotatable bonds is 15. The number of carbonyl (C=O) groups is 7. The van der Waals surface area contributed by atoms with Crippen LogP contribution < -0.4 is 33.2 Å². The van der Waals surface area contributed by atoms with Crippen molar-refractivity contribution in [2.24, 2.45) is 17.2 Å². The molecule has 180 valence electrons. The normalized spacial score (nSPS) is 14.2. The van der Waals surface area contributed by atoms with Crippen molar-refractivity contribution in [2.45, 2.75) is 49.9 Å². The quantitative estimate of drug-likeness (QED) is 0.110. The summed E-state index contributed by atoms with van der Waals surface area (Å²) in [5, 5.41) is 32.8. The zero-order valence-electron chi connectivity index (χ0n) is 16.8. The summed E-state index contributed by atoms with van der Waals surface area (Å²) in [6.45, 7) is -0.777. The molecule has 12 N–H and O–H groups in total. The molecule has 32 heavy (non-hydrogen) atoms. The average Bonchev–Trinajstić information content (AvgIpc) is 2.67. The predicted molar refractivity (Wildman–Crippen MR) is 103 cm³/mol. The van der Waals surface area contributed by atoms with Crippen LogP contribution in [-0.2, 0) is 33.6 Å². The highest BCUT2D eigenvalue weighted by Gasteiger charge is 2.31. The van der Waals surface area contributed by atoms with Crippen molar-refractivity contribution in [1.29, 1.82) is 0 Å². The second-order valence-corrected chi connectivity index (χ2v) is 6.58. The van der Waals surface area contributed by atoms with Gasteiger partial charge in [-0.2, -0.15) is 0 Å². The van der Waals surface area contributed by atoms with Crippen LogP contribution in [0, 0.1) is 0 Å². The molecule has 0 aliphatic rings. The third kappa shape index (κ3) is 10.8. The van der Waals surface area contributed by atoms with Crippen LogP contribution in [-0.4, -0.2) is 87.6 Å². The molecule has 0 aromatic carbocycles. The fraction of sp³-hybridized carbons (Fsp3) is 0.562. The van der Waals surface area contributed by atoms with Gasteiger partial charge in [0.1, 0.15) is 24.2 Å². The lowest BCUT2D eigenvalue weighted by Gasteiger charge is -2.24. The van der Waals surface area contributed by atoms with Crippen LogP contribution in [0.2, 0.25) is 0 Å². The van der Waals surface area contributed by atoms with E-state index in [1.165, 1.54) is 0 Å². The lowest BCUT2D eigenvalue weighted by Crippen LogP contribution is -2.58. The standard InChI is InChI=1S/C16H26N6O10/c17-6(5-23)13(28)21-8(3-11(19)25)15(30)20-7(1-2-10(18)24)14(29)22-9(16(31)32)4-12(26)27/h6-9,23H,1-5,17H2,(H2,18,24)(H2,19,25)(H,20,30)(H,21,28)(H,22,29)(H,26,27)(H,31,32). The summed E-state index contributed by atoms with van der Waals surface area (Å²) in [5.74, 6) is -8.39. The number of amides is 5. The predicted octanol–water partition coefficient (Wildman–Crippen LogP) is -5.54. The van der Waals surface area contributed by atoms with Crippen LogP contribution in [0.5, 0.6) is 0 Å². The highest BCUT2D eigenvalue weighted by molar-refractivity contribution is 5.96. The molecule has 16 heteroatoms. The fourth-order valence-corrected chi connectivity index (χ4v) is 2.25. The van der Waals surface area contributed by atoms with Crippen LogP contribution in [0.25, 0.3) is 0 Å². The molecule has 0 bridgehead atoms. The van der Waals surface area contributed by atoms with E-state index in [1.807, 2.05) is 5.32 Å². The van der Waals surface area contributed by atoms with E-state index in [-0.39, 0.29) is 0 Å². The Hall–Kier alpha value is -3.79. The van der Waals surface area contributed by atoms with E-state index in [1.54, 1.807) is 0 Å². The van der Waals surface area contributed by atoms with Gasteiger partial charge in [-0.15, -0.1) is 0 Å². The topological polar surface area (TPSA) is 294 Å². The van der Waals surface area contributed by atoms with Crippen LogP contribution in [0.4, 0.5) is 0 Å². The monoisotopic (exact) mass is 462 g/mol. The van der Waals surface area contributed by atoms with Crippen molar-refractivity contribution < 1.29 is 48.9 Å². The molecular formula is C16H26N6O10. The van der Waals surface area contributed by atoms with Gasteiger partial charge in [0.05, 0.1) is 19.4 Å². The van der Waals surface area contributed by atoms with Gasteiger partial charge in [-0.3, -0.25) is 28.8 Å². The van der Waals surface area contributed by atoms with E-state index in [0.717, 1.165) is 0 Å². The first-order chi connectivity index (χ1) is 14.8. The van der Waals surface area contributed by atoms with Crippen LogP contribution in [0.15, 0.2) is 0 Å². The van der Waals surface area contributed by atoms with Crippen molar-refractivity contribution in [3.63, 3.8) is 0 Å². The van der Waals surface area contributed by atoms with E-state index < -0.39 is 97.9 Å². The number of carboxylic acid groups (broad SMARTS) is 2. The summed E-state index contributed by atoms with van der Waals surface area (Å²) in [6, 6.07) is -6.50. The summed E-state index contributed by atoms with van der Waals surface area (Å²) in [6.07, 6.45) is -2.55. The Balaban J connectivity index is 5.58. The first-order valence-corrected chi connectivity index (χ1v) is 9.07. The molecular weight excluding hydrogens is 436 g/mol. The summed E-state index contributed by atoms with van der Waals surface area (Å²) < 4.78 is 0. The molecule has 0 aromatic rings. The minimum atomic E-state index is -1.85. The summed E-state index contributed by atoms with van der Waals surface area (Å²) in [5.41, 5.74) is 15.4. The molecule has 0 radical (unpaired) electrons. The first kappa shape index (κ1) is 28.2. The second kappa shape index (κ2) is 13.5. The SMILES string of the molecule is NC(=O)CCC(NC(=O)C(CC(N)=O)NC(=O)C(N)CO)C(=O)NC(CC(=O)O)C(=O)O. The highest BCUT2D eigenvalue weighted by atomic mass is 16.4. The molecule has 0 heterocycles. The van der Waals surface area contributed by atoms with Gasteiger partial charge < -0.3 is 48.5 Å². The Morgan fingerprint density at radius 1 is 0.719 bits per heavy atom.